The Morgan fingerprint density at radius 3 is 2.82 bits per heavy atom. The second-order valence-corrected chi connectivity index (χ2v) is 7.80. The van der Waals surface area contributed by atoms with Crippen LogP contribution in [0.3, 0.4) is 0 Å². The molecule has 4 nitrogen and oxygen atoms in total. The largest absolute Gasteiger partial charge is 0.370 e. The van der Waals surface area contributed by atoms with Crippen molar-refractivity contribution in [1.82, 2.24) is 14.9 Å². The van der Waals surface area contributed by atoms with Crippen molar-refractivity contribution in [1.29, 1.82) is 0 Å². The highest BCUT2D eigenvalue weighted by Gasteiger charge is 2.19. The molecule has 0 unspecified atom stereocenters. The van der Waals surface area contributed by atoms with Crippen LogP contribution in [0.5, 0.6) is 0 Å². The normalized spacial score (nSPS) is 16.8. The van der Waals surface area contributed by atoms with Gasteiger partial charge in [-0.25, -0.2) is 9.97 Å². The number of thiazole rings is 1. The zero-order valence-electron chi connectivity index (χ0n) is 12.8. The minimum Gasteiger partial charge on any atom is -0.370 e. The molecule has 0 atom stereocenters. The van der Waals surface area contributed by atoms with Gasteiger partial charge in [0.1, 0.15) is 5.82 Å². The summed E-state index contributed by atoms with van der Waals surface area (Å²) in [5, 5.41) is 6.79. The fourth-order valence-electron chi connectivity index (χ4n) is 2.79. The number of rotatable bonds is 5. The maximum absolute atomic E-state index is 4.56. The molecule has 3 rings (SSSR count). The van der Waals surface area contributed by atoms with Crippen LogP contribution >= 0.6 is 27.3 Å². The van der Waals surface area contributed by atoms with Gasteiger partial charge in [0, 0.05) is 29.1 Å². The molecule has 2 aromatic heterocycles. The third kappa shape index (κ3) is 4.51. The Morgan fingerprint density at radius 2 is 2.18 bits per heavy atom. The SMILES string of the molecule is Cc1nc(CN2CCC(CNc3ccc(Br)cn3)CC2)cs1. The Bertz CT molecular complexity index is 590. The fraction of sp³-hybridized carbons (Fsp3) is 0.500. The number of anilines is 1. The molecule has 0 aromatic carbocycles. The van der Waals surface area contributed by atoms with E-state index in [0.717, 1.165) is 47.4 Å². The highest BCUT2D eigenvalue weighted by Crippen LogP contribution is 2.20. The van der Waals surface area contributed by atoms with Crippen LogP contribution in [0, 0.1) is 12.8 Å². The first-order valence-corrected chi connectivity index (χ1v) is 9.35. The van der Waals surface area contributed by atoms with Gasteiger partial charge in [-0.15, -0.1) is 11.3 Å². The summed E-state index contributed by atoms with van der Waals surface area (Å²) in [6.07, 6.45) is 4.32. The maximum atomic E-state index is 4.56. The quantitative estimate of drug-likeness (QED) is 0.852. The Kier molecular flexibility index (Phi) is 5.44. The van der Waals surface area contributed by atoms with Gasteiger partial charge in [-0.05, 0) is 66.8 Å². The predicted molar refractivity (Wildman–Crippen MR) is 95.3 cm³/mol. The molecule has 1 saturated heterocycles. The first-order valence-electron chi connectivity index (χ1n) is 7.68. The molecule has 0 aliphatic carbocycles. The summed E-state index contributed by atoms with van der Waals surface area (Å²) in [7, 11) is 0. The lowest BCUT2D eigenvalue weighted by Gasteiger charge is -2.31. The standard InChI is InChI=1S/C16H21BrN4S/c1-12-20-15(11-22-12)10-21-6-4-13(5-7-21)8-18-16-3-2-14(17)9-19-16/h2-3,9,11,13H,4-8,10H2,1H3,(H,18,19). The van der Waals surface area contributed by atoms with Crippen LogP contribution in [-0.4, -0.2) is 34.5 Å². The van der Waals surface area contributed by atoms with Crippen molar-refractivity contribution in [3.8, 4) is 0 Å². The molecule has 6 heteroatoms. The van der Waals surface area contributed by atoms with Gasteiger partial charge < -0.3 is 5.32 Å². The third-order valence-electron chi connectivity index (χ3n) is 4.06. The lowest BCUT2D eigenvalue weighted by Crippen LogP contribution is -2.35. The predicted octanol–water partition coefficient (Wildman–Crippen LogP) is 3.93. The summed E-state index contributed by atoms with van der Waals surface area (Å²) >= 11 is 5.15. The maximum Gasteiger partial charge on any atom is 0.125 e. The van der Waals surface area contributed by atoms with Crippen LogP contribution in [0.2, 0.25) is 0 Å². The first-order chi connectivity index (χ1) is 10.7. The van der Waals surface area contributed by atoms with Gasteiger partial charge in [0.25, 0.3) is 0 Å². The van der Waals surface area contributed by atoms with Crippen molar-refractivity contribution < 1.29 is 0 Å². The number of aromatic nitrogens is 2. The second kappa shape index (κ2) is 7.53. The van der Waals surface area contributed by atoms with E-state index in [0.29, 0.717) is 0 Å². The summed E-state index contributed by atoms with van der Waals surface area (Å²) in [6.45, 7) is 6.41. The summed E-state index contributed by atoms with van der Waals surface area (Å²) in [4.78, 5) is 11.4. The monoisotopic (exact) mass is 380 g/mol. The number of pyridine rings is 1. The number of nitrogens with zero attached hydrogens (tertiary/aromatic N) is 3. The van der Waals surface area contributed by atoms with Crippen molar-refractivity contribution in [2.24, 2.45) is 5.92 Å². The number of halogens is 1. The van der Waals surface area contributed by atoms with Crippen LogP contribution in [0.4, 0.5) is 5.82 Å². The number of hydrogen-bond donors (Lipinski definition) is 1. The van der Waals surface area contributed by atoms with E-state index in [-0.39, 0.29) is 0 Å². The molecule has 1 aliphatic rings. The van der Waals surface area contributed by atoms with Gasteiger partial charge in [0.05, 0.1) is 10.7 Å². The average Bonchev–Trinajstić information content (AvgIpc) is 2.93. The first kappa shape index (κ1) is 15.9. The van der Waals surface area contributed by atoms with Crippen LogP contribution in [0.15, 0.2) is 28.2 Å². The Morgan fingerprint density at radius 1 is 1.36 bits per heavy atom. The number of hydrogen-bond acceptors (Lipinski definition) is 5. The van der Waals surface area contributed by atoms with Gasteiger partial charge in [-0.3, -0.25) is 4.90 Å². The van der Waals surface area contributed by atoms with Gasteiger partial charge in [-0.2, -0.15) is 0 Å². The van der Waals surface area contributed by atoms with Gasteiger partial charge >= 0.3 is 0 Å². The van der Waals surface area contributed by atoms with Gasteiger partial charge in [-0.1, -0.05) is 0 Å². The smallest absolute Gasteiger partial charge is 0.125 e. The second-order valence-electron chi connectivity index (χ2n) is 5.82. The molecule has 0 spiro atoms. The van der Waals surface area contributed by atoms with Crippen molar-refractivity contribution in [2.45, 2.75) is 26.3 Å². The van der Waals surface area contributed by atoms with Crippen molar-refractivity contribution in [3.05, 3.63) is 38.9 Å². The zero-order chi connectivity index (χ0) is 15.4. The Balaban J connectivity index is 1.41. The molecule has 1 N–H and O–H groups in total. The topological polar surface area (TPSA) is 41.1 Å². The summed E-state index contributed by atoms with van der Waals surface area (Å²) in [6, 6.07) is 4.04. The molecule has 0 amide bonds. The summed E-state index contributed by atoms with van der Waals surface area (Å²) in [5.41, 5.74) is 1.22. The van der Waals surface area contributed by atoms with Crippen molar-refractivity contribution in [3.63, 3.8) is 0 Å². The van der Waals surface area contributed by atoms with E-state index in [9.17, 15) is 0 Å². The van der Waals surface area contributed by atoms with E-state index >= 15 is 0 Å². The molecular formula is C16H21BrN4S. The van der Waals surface area contributed by atoms with Gasteiger partial charge in [0.2, 0.25) is 0 Å². The Labute approximate surface area is 144 Å². The van der Waals surface area contributed by atoms with Crippen molar-refractivity contribution in [2.75, 3.05) is 25.0 Å². The van der Waals surface area contributed by atoms with Crippen LogP contribution in [0.25, 0.3) is 0 Å². The van der Waals surface area contributed by atoms with Crippen LogP contribution < -0.4 is 5.32 Å². The highest BCUT2D eigenvalue weighted by atomic mass is 79.9. The Hall–Kier alpha value is -0.980. The molecule has 0 bridgehead atoms. The molecule has 22 heavy (non-hydrogen) atoms. The van der Waals surface area contributed by atoms with Crippen LogP contribution in [-0.2, 0) is 6.54 Å². The lowest BCUT2D eigenvalue weighted by molar-refractivity contribution is 0.181. The van der Waals surface area contributed by atoms with E-state index in [2.05, 4.69) is 48.4 Å². The zero-order valence-corrected chi connectivity index (χ0v) is 15.2. The van der Waals surface area contributed by atoms with Gasteiger partial charge in [0.15, 0.2) is 0 Å². The number of likely N-dealkylation sites (tertiary alicyclic amines) is 1. The molecule has 0 saturated carbocycles. The highest BCUT2D eigenvalue weighted by molar-refractivity contribution is 9.10. The minimum atomic E-state index is 0.735. The van der Waals surface area contributed by atoms with E-state index in [1.807, 2.05) is 18.3 Å². The van der Waals surface area contributed by atoms with E-state index < -0.39 is 0 Å². The molecule has 2 aromatic rings. The number of piperidine rings is 1. The molecular weight excluding hydrogens is 360 g/mol. The molecule has 1 fully saturated rings. The van der Waals surface area contributed by atoms with Crippen LogP contribution in [0.1, 0.15) is 23.5 Å². The third-order valence-corrected chi connectivity index (χ3v) is 5.35. The van der Waals surface area contributed by atoms with E-state index in [1.165, 1.54) is 18.5 Å². The summed E-state index contributed by atoms with van der Waals surface area (Å²) < 4.78 is 1.02. The lowest BCUT2D eigenvalue weighted by atomic mass is 9.96. The van der Waals surface area contributed by atoms with E-state index in [1.54, 1.807) is 11.3 Å². The fourth-order valence-corrected chi connectivity index (χ4v) is 3.63. The number of aryl methyl sites for hydroxylation is 1. The van der Waals surface area contributed by atoms with Crippen molar-refractivity contribution >= 4 is 33.1 Å². The molecule has 0 radical (unpaired) electrons. The molecule has 1 aliphatic heterocycles. The van der Waals surface area contributed by atoms with E-state index in [4.69, 9.17) is 0 Å². The molecule has 118 valence electrons. The average molecular weight is 381 g/mol. The minimum absolute atomic E-state index is 0.735. The number of nitrogens with one attached hydrogen (secondary N) is 1. The molecule has 3 heterocycles. The summed E-state index contributed by atoms with van der Waals surface area (Å²) in [5.74, 6) is 1.70.